The van der Waals surface area contributed by atoms with E-state index in [2.05, 4.69) is 15.6 Å². The van der Waals surface area contributed by atoms with Crippen molar-refractivity contribution < 1.29 is 4.74 Å². The highest BCUT2D eigenvalue weighted by Gasteiger charge is 2.01. The molecule has 0 amide bonds. The Morgan fingerprint density at radius 3 is 2.94 bits per heavy atom. The van der Waals surface area contributed by atoms with E-state index in [1.807, 2.05) is 44.4 Å². The number of rotatable bonds is 6. The van der Waals surface area contributed by atoms with Crippen LogP contribution >= 0.6 is 0 Å². The Labute approximate surface area is 107 Å². The minimum absolute atomic E-state index is 0.590. The molecular formula is C13H18N4O. The van der Waals surface area contributed by atoms with Crippen LogP contribution in [0.1, 0.15) is 11.3 Å². The van der Waals surface area contributed by atoms with Crippen molar-refractivity contribution in [2.45, 2.75) is 20.0 Å². The van der Waals surface area contributed by atoms with Crippen LogP contribution in [0.2, 0.25) is 0 Å². The Bertz CT molecular complexity index is 495. The third-order valence-electron chi connectivity index (χ3n) is 2.62. The number of ether oxygens (including phenoxy) is 1. The lowest BCUT2D eigenvalue weighted by Crippen LogP contribution is -2.09. The predicted octanol–water partition coefficient (Wildman–Crippen LogP) is 1.38. The van der Waals surface area contributed by atoms with E-state index < -0.39 is 0 Å². The fraction of sp³-hybridized carbons (Fsp3) is 0.385. The number of hydrogen-bond acceptors (Lipinski definition) is 4. The van der Waals surface area contributed by atoms with Gasteiger partial charge in [0.2, 0.25) is 0 Å². The highest BCUT2D eigenvalue weighted by atomic mass is 16.5. The van der Waals surface area contributed by atoms with Crippen LogP contribution in [0.5, 0.6) is 5.75 Å². The van der Waals surface area contributed by atoms with Crippen LogP contribution in [0.4, 0.5) is 0 Å². The first kappa shape index (κ1) is 12.6. The molecule has 1 aromatic heterocycles. The maximum Gasteiger partial charge on any atom is 0.122 e. The summed E-state index contributed by atoms with van der Waals surface area (Å²) in [5, 5.41) is 11.1. The summed E-state index contributed by atoms with van der Waals surface area (Å²) in [7, 11) is 1.89. The highest BCUT2D eigenvalue weighted by molar-refractivity contribution is 5.31. The lowest BCUT2D eigenvalue weighted by molar-refractivity contribution is 0.288. The van der Waals surface area contributed by atoms with Crippen LogP contribution in [0.25, 0.3) is 0 Å². The van der Waals surface area contributed by atoms with Gasteiger partial charge in [-0.3, -0.25) is 0 Å². The van der Waals surface area contributed by atoms with Crippen molar-refractivity contribution in [3.05, 3.63) is 41.7 Å². The molecule has 0 aliphatic rings. The smallest absolute Gasteiger partial charge is 0.122 e. The molecule has 18 heavy (non-hydrogen) atoms. The molecule has 0 saturated carbocycles. The van der Waals surface area contributed by atoms with Gasteiger partial charge in [-0.15, -0.1) is 5.10 Å². The normalized spacial score (nSPS) is 10.6. The molecule has 1 heterocycles. The molecule has 0 atom stereocenters. The van der Waals surface area contributed by atoms with E-state index in [4.69, 9.17) is 4.74 Å². The molecule has 96 valence electrons. The van der Waals surface area contributed by atoms with Gasteiger partial charge in [-0.05, 0) is 25.6 Å². The van der Waals surface area contributed by atoms with E-state index in [9.17, 15) is 0 Å². The van der Waals surface area contributed by atoms with Gasteiger partial charge in [0.05, 0.1) is 12.2 Å². The van der Waals surface area contributed by atoms with E-state index in [0.717, 1.165) is 23.6 Å². The largest absolute Gasteiger partial charge is 0.491 e. The highest BCUT2D eigenvalue weighted by Crippen LogP contribution is 2.15. The van der Waals surface area contributed by atoms with Crippen molar-refractivity contribution in [3.63, 3.8) is 0 Å². The van der Waals surface area contributed by atoms with Crippen LogP contribution in [-0.2, 0) is 13.1 Å². The summed E-state index contributed by atoms with van der Waals surface area (Å²) in [6.07, 6.45) is 1.93. The van der Waals surface area contributed by atoms with E-state index in [1.165, 1.54) is 0 Å². The molecule has 5 heteroatoms. The first-order valence-electron chi connectivity index (χ1n) is 6.01. The topological polar surface area (TPSA) is 52.0 Å². The predicted molar refractivity (Wildman–Crippen MR) is 69.5 cm³/mol. The molecule has 0 bridgehead atoms. The second-order valence-corrected chi connectivity index (χ2v) is 4.12. The van der Waals surface area contributed by atoms with Crippen molar-refractivity contribution in [1.82, 2.24) is 20.3 Å². The Morgan fingerprint density at radius 2 is 2.17 bits per heavy atom. The Morgan fingerprint density at radius 1 is 1.33 bits per heavy atom. The molecule has 2 rings (SSSR count). The Hall–Kier alpha value is -1.88. The van der Waals surface area contributed by atoms with Gasteiger partial charge in [-0.2, -0.15) is 0 Å². The average molecular weight is 246 g/mol. The van der Waals surface area contributed by atoms with Gasteiger partial charge in [0.1, 0.15) is 12.4 Å². The molecule has 0 saturated heterocycles. The van der Waals surface area contributed by atoms with Gasteiger partial charge in [-0.1, -0.05) is 23.4 Å². The quantitative estimate of drug-likeness (QED) is 0.836. The van der Waals surface area contributed by atoms with Gasteiger partial charge < -0.3 is 10.1 Å². The average Bonchev–Trinajstić information content (AvgIpc) is 2.80. The standard InChI is InChI=1S/C13H18N4O/c1-11-5-3-4-6-13(11)18-8-7-17-10-12(9-14-2)15-16-17/h3-6,10,14H,7-9H2,1-2H3. The number of hydrogen-bond donors (Lipinski definition) is 1. The molecule has 1 aromatic carbocycles. The van der Waals surface area contributed by atoms with Crippen LogP contribution in [0.3, 0.4) is 0 Å². The lowest BCUT2D eigenvalue weighted by atomic mass is 10.2. The maximum absolute atomic E-state index is 5.71. The fourth-order valence-electron chi connectivity index (χ4n) is 1.68. The Kier molecular flexibility index (Phi) is 4.30. The molecule has 1 N–H and O–H groups in total. The Balaban J connectivity index is 1.83. The molecular weight excluding hydrogens is 228 g/mol. The summed E-state index contributed by atoms with van der Waals surface area (Å²) in [6, 6.07) is 7.99. The van der Waals surface area contributed by atoms with Crippen molar-refractivity contribution in [1.29, 1.82) is 0 Å². The van der Waals surface area contributed by atoms with E-state index >= 15 is 0 Å². The van der Waals surface area contributed by atoms with Crippen LogP contribution in [0, 0.1) is 6.92 Å². The van der Waals surface area contributed by atoms with E-state index in [0.29, 0.717) is 13.2 Å². The van der Waals surface area contributed by atoms with Gasteiger partial charge in [0, 0.05) is 12.7 Å². The van der Waals surface area contributed by atoms with E-state index in [1.54, 1.807) is 4.68 Å². The van der Waals surface area contributed by atoms with Gasteiger partial charge in [0.25, 0.3) is 0 Å². The number of nitrogens with zero attached hydrogens (tertiary/aromatic N) is 3. The molecule has 0 unspecified atom stereocenters. The summed E-state index contributed by atoms with van der Waals surface area (Å²) < 4.78 is 7.50. The number of nitrogens with one attached hydrogen (secondary N) is 1. The molecule has 2 aromatic rings. The van der Waals surface area contributed by atoms with Crippen molar-refractivity contribution in [2.75, 3.05) is 13.7 Å². The first-order valence-corrected chi connectivity index (χ1v) is 6.01. The summed E-state index contributed by atoms with van der Waals surface area (Å²) >= 11 is 0. The van der Waals surface area contributed by atoms with E-state index in [-0.39, 0.29) is 0 Å². The molecule has 0 aliphatic heterocycles. The fourth-order valence-corrected chi connectivity index (χ4v) is 1.68. The zero-order chi connectivity index (χ0) is 12.8. The van der Waals surface area contributed by atoms with Gasteiger partial charge >= 0.3 is 0 Å². The zero-order valence-electron chi connectivity index (χ0n) is 10.8. The van der Waals surface area contributed by atoms with Crippen LogP contribution in [-0.4, -0.2) is 28.6 Å². The first-order chi connectivity index (χ1) is 8.79. The number of benzene rings is 1. The molecule has 0 aliphatic carbocycles. The third kappa shape index (κ3) is 3.30. The minimum atomic E-state index is 0.590. The van der Waals surface area contributed by atoms with Crippen molar-refractivity contribution >= 4 is 0 Å². The SMILES string of the molecule is CNCc1cn(CCOc2ccccc2C)nn1. The maximum atomic E-state index is 5.71. The molecule has 0 radical (unpaired) electrons. The minimum Gasteiger partial charge on any atom is -0.491 e. The summed E-state index contributed by atoms with van der Waals surface area (Å²) in [5.74, 6) is 0.924. The van der Waals surface area contributed by atoms with Crippen molar-refractivity contribution in [2.24, 2.45) is 0 Å². The molecule has 0 spiro atoms. The van der Waals surface area contributed by atoms with Crippen LogP contribution in [0.15, 0.2) is 30.5 Å². The summed E-state index contributed by atoms with van der Waals surface area (Å²) in [4.78, 5) is 0. The third-order valence-corrected chi connectivity index (χ3v) is 2.62. The summed E-state index contributed by atoms with van der Waals surface area (Å²) in [5.41, 5.74) is 2.08. The van der Waals surface area contributed by atoms with Crippen molar-refractivity contribution in [3.8, 4) is 5.75 Å². The second kappa shape index (κ2) is 6.16. The van der Waals surface area contributed by atoms with Crippen LogP contribution < -0.4 is 10.1 Å². The number of aryl methyl sites for hydroxylation is 1. The van der Waals surface area contributed by atoms with Gasteiger partial charge in [0.15, 0.2) is 0 Å². The van der Waals surface area contributed by atoms with Gasteiger partial charge in [-0.25, -0.2) is 4.68 Å². The lowest BCUT2D eigenvalue weighted by Gasteiger charge is -2.08. The number of aromatic nitrogens is 3. The summed E-state index contributed by atoms with van der Waals surface area (Å²) in [6.45, 7) is 4.06. The number of para-hydroxylation sites is 1. The zero-order valence-corrected chi connectivity index (χ0v) is 10.8. The molecule has 0 fully saturated rings. The monoisotopic (exact) mass is 246 g/mol. The second-order valence-electron chi connectivity index (χ2n) is 4.12. The molecule has 5 nitrogen and oxygen atoms in total.